The quantitative estimate of drug-likeness (QED) is 0.461. The average Bonchev–Trinajstić information content (AvgIpc) is 3.43. The standard InChI is InChI=1S/C23H27ClN2O3S/c1-4-5-12-20-25-14-18(26(20)15-16-9-6-7-10-17(16)24)21(27)23(2,22(28)29-3)19-11-8-13-30-19/h6-11,13-14,21,27H,4-5,12,15H2,1-3H3. The van der Waals surface area contributed by atoms with Gasteiger partial charge in [0, 0.05) is 16.3 Å². The van der Waals surface area contributed by atoms with Crippen molar-refractivity contribution < 1.29 is 14.6 Å². The van der Waals surface area contributed by atoms with E-state index in [0.29, 0.717) is 17.3 Å². The fraction of sp³-hybridized carbons (Fsp3) is 0.391. The number of unbranched alkanes of at least 4 members (excludes halogenated alkanes) is 1. The van der Waals surface area contributed by atoms with Gasteiger partial charge in [-0.3, -0.25) is 4.79 Å². The number of aliphatic hydroxyl groups excluding tert-OH is 1. The molecule has 160 valence electrons. The number of carbonyl (C=O) groups is 1. The highest BCUT2D eigenvalue weighted by atomic mass is 35.5. The number of hydrogen-bond acceptors (Lipinski definition) is 5. The predicted octanol–water partition coefficient (Wildman–Crippen LogP) is 5.15. The van der Waals surface area contributed by atoms with E-state index in [1.54, 1.807) is 13.1 Å². The molecular weight excluding hydrogens is 420 g/mol. The van der Waals surface area contributed by atoms with E-state index in [0.717, 1.165) is 35.5 Å². The van der Waals surface area contributed by atoms with Gasteiger partial charge in [0.25, 0.3) is 0 Å². The van der Waals surface area contributed by atoms with Gasteiger partial charge in [0.2, 0.25) is 0 Å². The van der Waals surface area contributed by atoms with Crippen molar-refractivity contribution >= 4 is 28.9 Å². The number of thiophene rings is 1. The second-order valence-corrected chi connectivity index (χ2v) is 8.81. The summed E-state index contributed by atoms with van der Waals surface area (Å²) < 4.78 is 7.07. The molecule has 0 saturated heterocycles. The van der Waals surface area contributed by atoms with Gasteiger partial charge in [-0.15, -0.1) is 11.3 Å². The minimum absolute atomic E-state index is 0.465. The van der Waals surface area contributed by atoms with E-state index in [2.05, 4.69) is 11.9 Å². The van der Waals surface area contributed by atoms with Crippen molar-refractivity contribution in [3.05, 3.63) is 75.0 Å². The third-order valence-corrected chi connectivity index (χ3v) is 6.95. The molecule has 3 aromatic rings. The highest BCUT2D eigenvalue weighted by Gasteiger charge is 2.46. The van der Waals surface area contributed by atoms with Gasteiger partial charge in [0.15, 0.2) is 0 Å². The Bertz CT molecular complexity index is 986. The van der Waals surface area contributed by atoms with E-state index < -0.39 is 17.5 Å². The van der Waals surface area contributed by atoms with Gasteiger partial charge < -0.3 is 14.4 Å². The van der Waals surface area contributed by atoms with Crippen molar-refractivity contribution in [1.29, 1.82) is 0 Å². The zero-order chi connectivity index (χ0) is 21.7. The molecule has 7 heteroatoms. The Morgan fingerprint density at radius 2 is 2.10 bits per heavy atom. The largest absolute Gasteiger partial charge is 0.468 e. The summed E-state index contributed by atoms with van der Waals surface area (Å²) in [4.78, 5) is 18.2. The number of nitrogens with zero attached hydrogens (tertiary/aromatic N) is 2. The number of esters is 1. The molecule has 1 N–H and O–H groups in total. The van der Waals surface area contributed by atoms with Gasteiger partial charge in [-0.1, -0.05) is 49.2 Å². The lowest BCUT2D eigenvalue weighted by molar-refractivity contribution is -0.152. The molecule has 2 aromatic heterocycles. The summed E-state index contributed by atoms with van der Waals surface area (Å²) in [5.74, 6) is 0.377. The lowest BCUT2D eigenvalue weighted by Crippen LogP contribution is -2.40. The zero-order valence-electron chi connectivity index (χ0n) is 17.5. The van der Waals surface area contributed by atoms with E-state index >= 15 is 0 Å². The first-order valence-electron chi connectivity index (χ1n) is 10.0. The monoisotopic (exact) mass is 446 g/mol. The molecule has 0 fully saturated rings. The molecule has 2 atom stereocenters. The van der Waals surface area contributed by atoms with Crippen molar-refractivity contribution in [3.63, 3.8) is 0 Å². The molecule has 30 heavy (non-hydrogen) atoms. The Hall–Kier alpha value is -2.15. The number of aromatic nitrogens is 2. The molecule has 0 aliphatic rings. The summed E-state index contributed by atoms with van der Waals surface area (Å²) in [6, 6.07) is 11.3. The number of methoxy groups -OCH3 is 1. The van der Waals surface area contributed by atoms with Crippen LogP contribution in [0.3, 0.4) is 0 Å². The first-order valence-corrected chi connectivity index (χ1v) is 11.3. The number of carbonyl (C=O) groups excluding carboxylic acids is 1. The normalized spacial score (nSPS) is 14.3. The molecule has 0 spiro atoms. The first-order chi connectivity index (χ1) is 14.4. The van der Waals surface area contributed by atoms with Gasteiger partial charge in [0.05, 0.1) is 25.5 Å². The summed E-state index contributed by atoms with van der Waals surface area (Å²) in [6.45, 7) is 4.31. The minimum atomic E-state index is -1.25. The van der Waals surface area contributed by atoms with Crippen molar-refractivity contribution in [2.45, 2.75) is 51.2 Å². The molecule has 2 unspecified atom stereocenters. The summed E-state index contributed by atoms with van der Waals surface area (Å²) >= 11 is 7.82. The lowest BCUT2D eigenvalue weighted by atomic mass is 9.81. The van der Waals surface area contributed by atoms with Crippen LogP contribution in [0.25, 0.3) is 0 Å². The molecule has 0 radical (unpaired) electrons. The molecule has 3 rings (SSSR count). The van der Waals surface area contributed by atoms with Crippen LogP contribution >= 0.6 is 22.9 Å². The van der Waals surface area contributed by atoms with Crippen molar-refractivity contribution in [1.82, 2.24) is 9.55 Å². The lowest BCUT2D eigenvalue weighted by Gasteiger charge is -2.31. The van der Waals surface area contributed by atoms with Crippen LogP contribution in [0.4, 0.5) is 0 Å². The van der Waals surface area contributed by atoms with Crippen molar-refractivity contribution in [2.75, 3.05) is 7.11 Å². The maximum absolute atomic E-state index is 12.8. The summed E-state index contributed by atoms with van der Waals surface area (Å²) in [5, 5.41) is 14.0. The Kier molecular flexibility index (Phi) is 7.34. The highest BCUT2D eigenvalue weighted by Crippen LogP contribution is 2.41. The van der Waals surface area contributed by atoms with Crippen LogP contribution in [0.1, 0.15) is 54.8 Å². The number of hydrogen-bond donors (Lipinski definition) is 1. The predicted molar refractivity (Wildman–Crippen MR) is 120 cm³/mol. The molecule has 1 aromatic carbocycles. The van der Waals surface area contributed by atoms with Crippen molar-refractivity contribution in [2.24, 2.45) is 0 Å². The summed E-state index contributed by atoms with van der Waals surface area (Å²) in [5.41, 5.74) is 0.255. The number of halogens is 1. The Balaban J connectivity index is 2.08. The van der Waals surface area contributed by atoms with Gasteiger partial charge in [-0.25, -0.2) is 4.98 Å². The molecular formula is C23H27ClN2O3S. The first kappa shape index (κ1) is 22.5. The van der Waals surface area contributed by atoms with Crippen LogP contribution in [0.15, 0.2) is 48.0 Å². The second-order valence-electron chi connectivity index (χ2n) is 7.45. The van der Waals surface area contributed by atoms with Crippen LogP contribution in [0.2, 0.25) is 5.02 Å². The maximum Gasteiger partial charge on any atom is 0.319 e. The van der Waals surface area contributed by atoms with E-state index in [1.807, 2.05) is 46.3 Å². The van der Waals surface area contributed by atoms with Gasteiger partial charge in [0.1, 0.15) is 17.3 Å². The van der Waals surface area contributed by atoms with Crippen LogP contribution in [0, 0.1) is 0 Å². The number of benzene rings is 1. The molecule has 0 saturated carbocycles. The molecule has 5 nitrogen and oxygen atoms in total. The number of rotatable bonds is 9. The Labute approximate surface area is 186 Å². The van der Waals surface area contributed by atoms with Gasteiger partial charge in [-0.05, 0) is 36.4 Å². The Morgan fingerprint density at radius 3 is 2.73 bits per heavy atom. The van der Waals surface area contributed by atoms with Crippen LogP contribution in [-0.4, -0.2) is 27.7 Å². The van der Waals surface area contributed by atoms with Gasteiger partial charge in [-0.2, -0.15) is 0 Å². The van der Waals surface area contributed by atoms with Gasteiger partial charge >= 0.3 is 5.97 Å². The third kappa shape index (κ3) is 4.31. The fourth-order valence-corrected chi connectivity index (χ4v) is 4.69. The van der Waals surface area contributed by atoms with Crippen molar-refractivity contribution in [3.8, 4) is 0 Å². The van der Waals surface area contributed by atoms with E-state index in [-0.39, 0.29) is 0 Å². The number of aliphatic hydroxyl groups is 1. The number of ether oxygens (including phenoxy) is 1. The third-order valence-electron chi connectivity index (χ3n) is 5.48. The molecule has 0 amide bonds. The topological polar surface area (TPSA) is 64.3 Å². The zero-order valence-corrected chi connectivity index (χ0v) is 19.0. The van der Waals surface area contributed by atoms with E-state index in [9.17, 15) is 9.90 Å². The van der Waals surface area contributed by atoms with Crippen LogP contribution in [-0.2, 0) is 27.9 Å². The van der Waals surface area contributed by atoms with Crippen LogP contribution < -0.4 is 0 Å². The van der Waals surface area contributed by atoms with Crippen LogP contribution in [0.5, 0.6) is 0 Å². The molecule has 0 aliphatic heterocycles. The SMILES string of the molecule is CCCCc1ncc(C(O)C(C)(C(=O)OC)c2cccs2)n1Cc1ccccc1Cl. The Morgan fingerprint density at radius 1 is 1.33 bits per heavy atom. The second kappa shape index (κ2) is 9.77. The van der Waals surface area contributed by atoms with E-state index in [1.165, 1.54) is 18.4 Å². The number of imidazole rings is 1. The highest BCUT2D eigenvalue weighted by molar-refractivity contribution is 7.10. The fourth-order valence-electron chi connectivity index (χ4n) is 3.59. The number of aryl methyl sites for hydroxylation is 1. The van der Waals surface area contributed by atoms with E-state index in [4.69, 9.17) is 16.3 Å². The summed E-state index contributed by atoms with van der Waals surface area (Å²) in [6.07, 6.45) is 3.33. The molecule has 2 heterocycles. The average molecular weight is 447 g/mol. The maximum atomic E-state index is 12.8. The summed E-state index contributed by atoms with van der Waals surface area (Å²) in [7, 11) is 1.34. The molecule has 0 bridgehead atoms. The molecule has 0 aliphatic carbocycles. The minimum Gasteiger partial charge on any atom is -0.468 e. The smallest absolute Gasteiger partial charge is 0.319 e.